The Morgan fingerprint density at radius 2 is 2.17 bits per heavy atom. The minimum atomic E-state index is -0.176. The van der Waals surface area contributed by atoms with Crippen molar-refractivity contribution in [3.05, 3.63) is 35.9 Å². The van der Waals surface area contributed by atoms with Crippen LogP contribution in [0, 0.1) is 5.92 Å². The van der Waals surface area contributed by atoms with Crippen LogP contribution >= 0.6 is 0 Å². The molecule has 5 heteroatoms. The first-order chi connectivity index (χ1) is 11.7. The molecule has 2 rings (SSSR count). The van der Waals surface area contributed by atoms with Crippen LogP contribution in [0.2, 0.25) is 0 Å². The van der Waals surface area contributed by atoms with Crippen LogP contribution in [0.1, 0.15) is 25.3 Å². The van der Waals surface area contributed by atoms with Crippen LogP contribution in [0.5, 0.6) is 0 Å². The van der Waals surface area contributed by atoms with Crippen LogP contribution in [0.15, 0.2) is 30.3 Å². The third kappa shape index (κ3) is 5.58. The molecule has 0 aromatic heterocycles. The van der Waals surface area contributed by atoms with Gasteiger partial charge in [-0.1, -0.05) is 30.3 Å². The Labute approximate surface area is 145 Å². The van der Waals surface area contributed by atoms with Gasteiger partial charge >= 0.3 is 0 Å². The molecule has 1 fully saturated rings. The molecule has 1 heterocycles. The topological polar surface area (TPSA) is 58.8 Å². The number of nitrogens with two attached hydrogens (primary N) is 1. The molecule has 2 N–H and O–H groups in total. The van der Waals surface area contributed by atoms with E-state index in [1.165, 1.54) is 5.56 Å². The van der Waals surface area contributed by atoms with Gasteiger partial charge in [0.15, 0.2) is 0 Å². The number of hydrogen-bond acceptors (Lipinski definition) is 4. The van der Waals surface area contributed by atoms with Crippen molar-refractivity contribution in [2.45, 2.75) is 32.4 Å². The molecule has 1 aromatic carbocycles. The molecular formula is C19H31N3O2. The summed E-state index contributed by atoms with van der Waals surface area (Å²) in [6.07, 6.45) is 1.35. The maximum atomic E-state index is 12.4. The van der Waals surface area contributed by atoms with Crippen molar-refractivity contribution >= 4 is 5.91 Å². The molecule has 0 aliphatic carbocycles. The predicted molar refractivity (Wildman–Crippen MR) is 96.5 cm³/mol. The van der Waals surface area contributed by atoms with Gasteiger partial charge in [-0.3, -0.25) is 9.69 Å². The molecule has 0 saturated carbocycles. The molecule has 24 heavy (non-hydrogen) atoms. The van der Waals surface area contributed by atoms with Crippen molar-refractivity contribution in [3.63, 3.8) is 0 Å². The van der Waals surface area contributed by atoms with Gasteiger partial charge in [-0.25, -0.2) is 0 Å². The summed E-state index contributed by atoms with van der Waals surface area (Å²) >= 11 is 0. The summed E-state index contributed by atoms with van der Waals surface area (Å²) < 4.78 is 5.24. The summed E-state index contributed by atoms with van der Waals surface area (Å²) in [5.41, 5.74) is 6.98. The Kier molecular flexibility index (Phi) is 7.69. The van der Waals surface area contributed by atoms with E-state index < -0.39 is 0 Å². The maximum absolute atomic E-state index is 12.4. The average Bonchev–Trinajstić information content (AvgIpc) is 3.05. The molecule has 5 nitrogen and oxygen atoms in total. The lowest BCUT2D eigenvalue weighted by atomic mass is 10.1. The summed E-state index contributed by atoms with van der Waals surface area (Å²) in [6.45, 7) is 7.16. The van der Waals surface area contributed by atoms with Crippen LogP contribution in [0.4, 0.5) is 0 Å². The minimum absolute atomic E-state index is 0.149. The SMILES string of the molecule is CCN(CC1CCN(Cc2ccccc2)C1)C(=O)CC(CN)OC. The van der Waals surface area contributed by atoms with Gasteiger partial charge in [0.05, 0.1) is 12.5 Å². The molecule has 0 bridgehead atoms. The van der Waals surface area contributed by atoms with E-state index in [1.54, 1.807) is 7.11 Å². The Balaban J connectivity index is 1.80. The van der Waals surface area contributed by atoms with E-state index in [0.29, 0.717) is 18.9 Å². The second-order valence-electron chi connectivity index (χ2n) is 6.61. The molecule has 2 unspecified atom stereocenters. The molecule has 0 radical (unpaired) electrons. The summed E-state index contributed by atoms with van der Waals surface area (Å²) in [6, 6.07) is 10.6. The Morgan fingerprint density at radius 1 is 1.42 bits per heavy atom. The fraction of sp³-hybridized carbons (Fsp3) is 0.632. The van der Waals surface area contributed by atoms with Crippen molar-refractivity contribution in [1.82, 2.24) is 9.80 Å². The standard InChI is InChI=1S/C19H31N3O2/c1-3-22(19(23)11-18(12-20)24-2)15-17-9-10-21(14-17)13-16-7-5-4-6-8-16/h4-8,17-18H,3,9-15,20H2,1-2H3. The number of carbonyl (C=O) groups is 1. The number of carbonyl (C=O) groups excluding carboxylic acids is 1. The molecule has 1 amide bonds. The fourth-order valence-corrected chi connectivity index (χ4v) is 3.35. The van der Waals surface area contributed by atoms with E-state index in [1.807, 2.05) is 11.8 Å². The predicted octanol–water partition coefficient (Wildman–Crippen LogP) is 1.72. The monoisotopic (exact) mass is 333 g/mol. The smallest absolute Gasteiger partial charge is 0.225 e. The number of hydrogen-bond donors (Lipinski definition) is 1. The lowest BCUT2D eigenvalue weighted by molar-refractivity contribution is -0.134. The molecule has 1 aliphatic heterocycles. The van der Waals surface area contributed by atoms with Crippen molar-refractivity contribution in [3.8, 4) is 0 Å². The van der Waals surface area contributed by atoms with E-state index in [4.69, 9.17) is 10.5 Å². The largest absolute Gasteiger partial charge is 0.380 e. The van der Waals surface area contributed by atoms with Crippen LogP contribution in [0.3, 0.4) is 0 Å². The minimum Gasteiger partial charge on any atom is -0.380 e. The Morgan fingerprint density at radius 3 is 2.79 bits per heavy atom. The number of rotatable bonds is 9. The molecule has 2 atom stereocenters. The van der Waals surface area contributed by atoms with Crippen LogP contribution < -0.4 is 5.73 Å². The quantitative estimate of drug-likeness (QED) is 0.747. The normalized spacial score (nSPS) is 19.4. The number of nitrogens with zero attached hydrogens (tertiary/aromatic N) is 2. The van der Waals surface area contributed by atoms with Gasteiger partial charge in [-0.05, 0) is 31.4 Å². The zero-order valence-electron chi connectivity index (χ0n) is 15.0. The highest BCUT2D eigenvalue weighted by molar-refractivity contribution is 5.76. The van der Waals surface area contributed by atoms with Crippen molar-refractivity contribution < 1.29 is 9.53 Å². The van der Waals surface area contributed by atoms with Gasteiger partial charge in [-0.2, -0.15) is 0 Å². The summed E-state index contributed by atoms with van der Waals surface area (Å²) in [5.74, 6) is 0.702. The first-order valence-electron chi connectivity index (χ1n) is 8.93. The highest BCUT2D eigenvalue weighted by atomic mass is 16.5. The first kappa shape index (κ1) is 18.9. The molecular weight excluding hydrogens is 302 g/mol. The number of ether oxygens (including phenoxy) is 1. The van der Waals surface area contributed by atoms with Gasteiger partial charge < -0.3 is 15.4 Å². The second-order valence-corrected chi connectivity index (χ2v) is 6.61. The number of methoxy groups -OCH3 is 1. The van der Waals surface area contributed by atoms with Crippen molar-refractivity contribution in [1.29, 1.82) is 0 Å². The van der Waals surface area contributed by atoms with Gasteiger partial charge in [0, 0.05) is 39.8 Å². The van der Waals surface area contributed by atoms with Gasteiger partial charge in [0.2, 0.25) is 5.91 Å². The molecule has 134 valence electrons. The van der Waals surface area contributed by atoms with Crippen molar-refractivity contribution in [2.75, 3.05) is 39.8 Å². The summed E-state index contributed by atoms with van der Waals surface area (Å²) in [5, 5.41) is 0. The van der Waals surface area contributed by atoms with E-state index in [-0.39, 0.29) is 12.0 Å². The van der Waals surface area contributed by atoms with E-state index >= 15 is 0 Å². The first-order valence-corrected chi connectivity index (χ1v) is 8.93. The van der Waals surface area contributed by atoms with E-state index in [2.05, 4.69) is 35.2 Å². The molecule has 1 saturated heterocycles. The number of likely N-dealkylation sites (tertiary alicyclic amines) is 1. The fourth-order valence-electron chi connectivity index (χ4n) is 3.35. The number of benzene rings is 1. The third-order valence-electron chi connectivity index (χ3n) is 4.83. The molecule has 1 aliphatic rings. The van der Waals surface area contributed by atoms with E-state index in [0.717, 1.165) is 39.1 Å². The van der Waals surface area contributed by atoms with Gasteiger partial charge in [0.25, 0.3) is 0 Å². The number of amides is 1. The molecule has 0 spiro atoms. The zero-order valence-corrected chi connectivity index (χ0v) is 15.0. The zero-order chi connectivity index (χ0) is 17.4. The third-order valence-corrected chi connectivity index (χ3v) is 4.83. The van der Waals surface area contributed by atoms with Crippen molar-refractivity contribution in [2.24, 2.45) is 11.7 Å². The van der Waals surface area contributed by atoms with Crippen LogP contribution in [-0.4, -0.2) is 61.6 Å². The average molecular weight is 333 g/mol. The second kappa shape index (κ2) is 9.77. The highest BCUT2D eigenvalue weighted by Crippen LogP contribution is 2.20. The highest BCUT2D eigenvalue weighted by Gasteiger charge is 2.26. The van der Waals surface area contributed by atoms with Crippen LogP contribution in [-0.2, 0) is 16.1 Å². The Hall–Kier alpha value is -1.43. The summed E-state index contributed by atoms with van der Waals surface area (Å²) in [4.78, 5) is 16.9. The molecule has 1 aromatic rings. The van der Waals surface area contributed by atoms with Gasteiger partial charge in [0.1, 0.15) is 0 Å². The maximum Gasteiger partial charge on any atom is 0.225 e. The lowest BCUT2D eigenvalue weighted by Gasteiger charge is -2.26. The van der Waals surface area contributed by atoms with Gasteiger partial charge in [-0.15, -0.1) is 0 Å². The van der Waals surface area contributed by atoms with Crippen LogP contribution in [0.25, 0.3) is 0 Å². The van der Waals surface area contributed by atoms with E-state index in [9.17, 15) is 4.79 Å². The Bertz CT molecular complexity index is 491. The summed E-state index contributed by atoms with van der Waals surface area (Å²) in [7, 11) is 1.61. The lowest BCUT2D eigenvalue weighted by Crippen LogP contribution is -2.39.